The standard InChI is InChI=1S/C23H25N5O2/c1-2-18-19(15-25-22(18)24-7-1)16-5-8-27(9-6-16)17-3-4-21-20(14-17)26-23(30-21)28-10-12-29-13-11-28/h1-4,7,14-16H,5-6,8-13H2,(H,24,25). The fraction of sp³-hybridized carbons (Fsp3) is 0.391. The SMILES string of the molecule is c1cnc2[nH]cc(C3CCN(c4ccc5oc(N6CCOCC6)nc5c4)CC3)c2c1. The zero-order chi connectivity index (χ0) is 19.9. The zero-order valence-electron chi connectivity index (χ0n) is 16.9. The molecule has 1 aromatic carbocycles. The zero-order valence-corrected chi connectivity index (χ0v) is 16.9. The maximum Gasteiger partial charge on any atom is 0.298 e. The first-order chi connectivity index (χ1) is 14.8. The summed E-state index contributed by atoms with van der Waals surface area (Å²) < 4.78 is 11.4. The van der Waals surface area contributed by atoms with Crippen molar-refractivity contribution in [2.45, 2.75) is 18.8 Å². The summed E-state index contributed by atoms with van der Waals surface area (Å²) in [5.74, 6) is 0.572. The summed E-state index contributed by atoms with van der Waals surface area (Å²) in [6.07, 6.45) is 6.26. The third-order valence-corrected chi connectivity index (χ3v) is 6.42. The Bertz CT molecular complexity index is 1170. The van der Waals surface area contributed by atoms with E-state index in [-0.39, 0.29) is 0 Å². The van der Waals surface area contributed by atoms with E-state index in [4.69, 9.17) is 14.1 Å². The second kappa shape index (κ2) is 7.32. The molecule has 0 saturated carbocycles. The van der Waals surface area contributed by atoms with Gasteiger partial charge in [-0.15, -0.1) is 0 Å². The Morgan fingerprint density at radius 3 is 2.73 bits per heavy atom. The number of hydrogen-bond acceptors (Lipinski definition) is 6. The molecule has 7 heteroatoms. The van der Waals surface area contributed by atoms with Crippen molar-refractivity contribution in [2.24, 2.45) is 0 Å². The minimum Gasteiger partial charge on any atom is -0.423 e. The van der Waals surface area contributed by atoms with E-state index in [1.807, 2.05) is 12.3 Å². The largest absolute Gasteiger partial charge is 0.423 e. The van der Waals surface area contributed by atoms with E-state index in [0.717, 1.165) is 69.0 Å². The number of benzene rings is 1. The van der Waals surface area contributed by atoms with Crippen molar-refractivity contribution in [2.75, 3.05) is 49.2 Å². The highest BCUT2D eigenvalue weighted by Gasteiger charge is 2.24. The van der Waals surface area contributed by atoms with Gasteiger partial charge in [-0.2, -0.15) is 4.98 Å². The summed E-state index contributed by atoms with van der Waals surface area (Å²) in [6.45, 7) is 5.19. The molecule has 3 aromatic heterocycles. The van der Waals surface area contributed by atoms with Crippen molar-refractivity contribution in [1.29, 1.82) is 0 Å². The normalized spacial score (nSPS) is 18.5. The summed E-state index contributed by atoms with van der Waals surface area (Å²) in [5, 5.41) is 1.26. The summed E-state index contributed by atoms with van der Waals surface area (Å²) in [4.78, 5) is 17.1. The fourth-order valence-electron chi connectivity index (χ4n) is 4.75. The van der Waals surface area contributed by atoms with Gasteiger partial charge in [-0.25, -0.2) is 4.98 Å². The molecular weight excluding hydrogens is 378 g/mol. The molecular formula is C23H25N5O2. The van der Waals surface area contributed by atoms with Gasteiger partial charge in [0.15, 0.2) is 5.58 Å². The number of H-pyrrole nitrogens is 1. The van der Waals surface area contributed by atoms with Crippen molar-refractivity contribution < 1.29 is 9.15 Å². The average Bonchev–Trinajstić information content (AvgIpc) is 3.44. The van der Waals surface area contributed by atoms with E-state index in [0.29, 0.717) is 11.9 Å². The maximum absolute atomic E-state index is 5.99. The molecule has 0 radical (unpaired) electrons. The Morgan fingerprint density at radius 1 is 1.00 bits per heavy atom. The predicted octanol–water partition coefficient (Wildman–Crippen LogP) is 3.92. The van der Waals surface area contributed by atoms with Gasteiger partial charge < -0.3 is 23.9 Å². The van der Waals surface area contributed by atoms with Crippen LogP contribution in [0.15, 0.2) is 47.1 Å². The first kappa shape index (κ1) is 17.8. The Morgan fingerprint density at radius 2 is 1.87 bits per heavy atom. The Hall–Kier alpha value is -3.06. The van der Waals surface area contributed by atoms with Crippen LogP contribution < -0.4 is 9.80 Å². The molecule has 2 aliphatic rings. The van der Waals surface area contributed by atoms with Crippen LogP contribution in [-0.2, 0) is 4.74 Å². The lowest BCUT2D eigenvalue weighted by molar-refractivity contribution is 0.120. The minimum atomic E-state index is 0.572. The van der Waals surface area contributed by atoms with E-state index in [1.165, 1.54) is 16.6 Å². The monoisotopic (exact) mass is 403 g/mol. The molecule has 1 N–H and O–H groups in total. The second-order valence-electron chi connectivity index (χ2n) is 8.15. The number of nitrogens with zero attached hydrogens (tertiary/aromatic N) is 4. The quantitative estimate of drug-likeness (QED) is 0.559. The van der Waals surface area contributed by atoms with Crippen molar-refractivity contribution >= 4 is 33.8 Å². The van der Waals surface area contributed by atoms with Gasteiger partial charge >= 0.3 is 0 Å². The number of aromatic nitrogens is 3. The number of aromatic amines is 1. The van der Waals surface area contributed by atoms with Crippen molar-refractivity contribution in [3.63, 3.8) is 0 Å². The van der Waals surface area contributed by atoms with Gasteiger partial charge in [0.1, 0.15) is 11.2 Å². The van der Waals surface area contributed by atoms with E-state index in [9.17, 15) is 0 Å². The lowest BCUT2D eigenvalue weighted by Gasteiger charge is -2.33. The van der Waals surface area contributed by atoms with E-state index < -0.39 is 0 Å². The lowest BCUT2D eigenvalue weighted by atomic mass is 9.89. The number of morpholine rings is 1. The van der Waals surface area contributed by atoms with E-state index in [2.05, 4.69) is 50.2 Å². The highest BCUT2D eigenvalue weighted by atomic mass is 16.5. The summed E-state index contributed by atoms with van der Waals surface area (Å²) in [5.41, 5.74) is 5.39. The van der Waals surface area contributed by atoms with Crippen LogP contribution in [0.25, 0.3) is 22.1 Å². The van der Waals surface area contributed by atoms with Crippen LogP contribution in [0.3, 0.4) is 0 Å². The van der Waals surface area contributed by atoms with Crippen LogP contribution in [0.1, 0.15) is 24.3 Å². The Kier molecular flexibility index (Phi) is 4.34. The van der Waals surface area contributed by atoms with Gasteiger partial charge in [0.2, 0.25) is 0 Å². The number of anilines is 2. The molecule has 0 bridgehead atoms. The lowest BCUT2D eigenvalue weighted by Crippen LogP contribution is -2.36. The molecule has 30 heavy (non-hydrogen) atoms. The number of fused-ring (bicyclic) bond motifs is 2. The molecule has 5 heterocycles. The van der Waals surface area contributed by atoms with Gasteiger partial charge in [-0.1, -0.05) is 0 Å². The Balaban J connectivity index is 1.19. The summed E-state index contributed by atoms with van der Waals surface area (Å²) >= 11 is 0. The van der Waals surface area contributed by atoms with Crippen LogP contribution in [0.2, 0.25) is 0 Å². The molecule has 2 fully saturated rings. The number of ether oxygens (including phenoxy) is 1. The van der Waals surface area contributed by atoms with Gasteiger partial charge in [-0.05, 0) is 54.7 Å². The number of nitrogens with one attached hydrogen (secondary N) is 1. The molecule has 6 rings (SSSR count). The van der Waals surface area contributed by atoms with E-state index in [1.54, 1.807) is 0 Å². The predicted molar refractivity (Wildman–Crippen MR) is 117 cm³/mol. The van der Waals surface area contributed by atoms with Crippen LogP contribution in [0.5, 0.6) is 0 Å². The molecule has 0 atom stereocenters. The molecule has 0 spiro atoms. The average molecular weight is 403 g/mol. The van der Waals surface area contributed by atoms with Crippen molar-refractivity contribution in [1.82, 2.24) is 15.0 Å². The molecule has 2 aliphatic heterocycles. The minimum absolute atomic E-state index is 0.572. The van der Waals surface area contributed by atoms with E-state index >= 15 is 0 Å². The fourth-order valence-corrected chi connectivity index (χ4v) is 4.75. The van der Waals surface area contributed by atoms with Crippen LogP contribution >= 0.6 is 0 Å². The summed E-state index contributed by atoms with van der Waals surface area (Å²) in [7, 11) is 0. The number of oxazole rings is 1. The number of rotatable bonds is 3. The smallest absolute Gasteiger partial charge is 0.298 e. The maximum atomic E-state index is 5.99. The third-order valence-electron chi connectivity index (χ3n) is 6.42. The molecule has 0 amide bonds. The highest BCUT2D eigenvalue weighted by molar-refractivity contribution is 5.81. The first-order valence-electron chi connectivity index (χ1n) is 10.8. The summed E-state index contributed by atoms with van der Waals surface area (Å²) in [6, 6.07) is 11.3. The molecule has 0 unspecified atom stereocenters. The van der Waals surface area contributed by atoms with Crippen molar-refractivity contribution in [3.8, 4) is 0 Å². The molecule has 2 saturated heterocycles. The molecule has 4 aromatic rings. The molecule has 154 valence electrons. The number of piperidine rings is 1. The van der Waals surface area contributed by atoms with Crippen LogP contribution in [0, 0.1) is 0 Å². The highest BCUT2D eigenvalue weighted by Crippen LogP contribution is 2.35. The van der Waals surface area contributed by atoms with Crippen molar-refractivity contribution in [3.05, 3.63) is 48.3 Å². The Labute approximate surface area is 174 Å². The molecule has 7 nitrogen and oxygen atoms in total. The second-order valence-corrected chi connectivity index (χ2v) is 8.15. The first-order valence-corrected chi connectivity index (χ1v) is 10.8. The third kappa shape index (κ3) is 3.10. The van der Waals surface area contributed by atoms with Gasteiger partial charge in [0.25, 0.3) is 6.01 Å². The van der Waals surface area contributed by atoms with Crippen LogP contribution in [-0.4, -0.2) is 54.3 Å². The van der Waals surface area contributed by atoms with Gasteiger partial charge in [0.05, 0.1) is 13.2 Å². The van der Waals surface area contributed by atoms with Gasteiger partial charge in [0, 0.05) is 49.6 Å². The van der Waals surface area contributed by atoms with Gasteiger partial charge in [-0.3, -0.25) is 0 Å². The topological polar surface area (TPSA) is 70.4 Å². The van der Waals surface area contributed by atoms with Crippen LogP contribution in [0.4, 0.5) is 11.7 Å². The molecule has 0 aliphatic carbocycles. The number of pyridine rings is 1. The number of hydrogen-bond donors (Lipinski definition) is 1.